The highest BCUT2D eigenvalue weighted by atomic mass is 16.5. The molecule has 17 heavy (non-hydrogen) atoms. The number of anilines is 1. The lowest BCUT2D eigenvalue weighted by molar-refractivity contribution is 0.277. The van der Waals surface area contributed by atoms with Crippen molar-refractivity contribution in [3.8, 4) is 5.75 Å². The third kappa shape index (κ3) is 2.25. The lowest BCUT2D eigenvalue weighted by Crippen LogP contribution is -2.28. The Morgan fingerprint density at radius 2 is 2.41 bits per heavy atom. The average Bonchev–Trinajstić information content (AvgIpc) is 2.97. The Hall–Kier alpha value is -1.22. The van der Waals surface area contributed by atoms with E-state index in [0.717, 1.165) is 31.9 Å². The van der Waals surface area contributed by atoms with Crippen LogP contribution < -0.4 is 15.0 Å². The Morgan fingerprint density at radius 1 is 1.47 bits per heavy atom. The zero-order chi connectivity index (χ0) is 11.7. The van der Waals surface area contributed by atoms with Crippen LogP contribution in [0.15, 0.2) is 18.2 Å². The SMILES string of the molecule is CN1CCc2ccc(OCC3CCCN3)cc21. The van der Waals surface area contributed by atoms with Crippen molar-refractivity contribution in [2.75, 3.05) is 31.6 Å². The van der Waals surface area contributed by atoms with Crippen LogP contribution in [0.3, 0.4) is 0 Å². The zero-order valence-electron chi connectivity index (χ0n) is 10.4. The number of likely N-dealkylation sites (N-methyl/N-ethyl adjacent to an activating group) is 1. The van der Waals surface area contributed by atoms with Gasteiger partial charge in [0.25, 0.3) is 0 Å². The lowest BCUT2D eigenvalue weighted by Gasteiger charge is -2.15. The predicted molar refractivity (Wildman–Crippen MR) is 69.9 cm³/mol. The van der Waals surface area contributed by atoms with E-state index >= 15 is 0 Å². The van der Waals surface area contributed by atoms with Crippen LogP contribution in [0.4, 0.5) is 5.69 Å². The summed E-state index contributed by atoms with van der Waals surface area (Å²) in [6.45, 7) is 3.06. The van der Waals surface area contributed by atoms with Crippen molar-refractivity contribution in [3.05, 3.63) is 23.8 Å². The molecule has 1 aromatic carbocycles. The molecule has 1 aromatic rings. The van der Waals surface area contributed by atoms with E-state index in [2.05, 4.69) is 35.5 Å². The van der Waals surface area contributed by atoms with Crippen molar-refractivity contribution >= 4 is 5.69 Å². The van der Waals surface area contributed by atoms with E-state index in [-0.39, 0.29) is 0 Å². The van der Waals surface area contributed by atoms with Gasteiger partial charge in [-0.1, -0.05) is 6.07 Å². The van der Waals surface area contributed by atoms with Crippen LogP contribution >= 0.6 is 0 Å². The molecule has 2 aliphatic heterocycles. The van der Waals surface area contributed by atoms with E-state index in [4.69, 9.17) is 4.74 Å². The summed E-state index contributed by atoms with van der Waals surface area (Å²) in [5.74, 6) is 1.01. The number of nitrogens with zero attached hydrogens (tertiary/aromatic N) is 1. The molecule has 0 saturated carbocycles. The van der Waals surface area contributed by atoms with Crippen LogP contribution in [0.2, 0.25) is 0 Å². The van der Waals surface area contributed by atoms with Crippen LogP contribution in [-0.2, 0) is 6.42 Å². The molecular formula is C14H20N2O. The maximum absolute atomic E-state index is 5.87. The number of hydrogen-bond donors (Lipinski definition) is 1. The quantitative estimate of drug-likeness (QED) is 0.860. The molecule has 1 saturated heterocycles. The molecule has 1 unspecified atom stereocenters. The van der Waals surface area contributed by atoms with Gasteiger partial charge in [-0.25, -0.2) is 0 Å². The van der Waals surface area contributed by atoms with Gasteiger partial charge < -0.3 is 15.0 Å². The Balaban J connectivity index is 1.65. The van der Waals surface area contributed by atoms with Crippen molar-refractivity contribution in [2.24, 2.45) is 0 Å². The Kier molecular flexibility index (Phi) is 2.93. The minimum atomic E-state index is 0.543. The number of fused-ring (bicyclic) bond motifs is 1. The first-order valence-electron chi connectivity index (χ1n) is 6.53. The molecular weight excluding hydrogens is 212 g/mol. The fourth-order valence-corrected chi connectivity index (χ4v) is 2.70. The summed E-state index contributed by atoms with van der Waals surface area (Å²) < 4.78 is 5.87. The maximum atomic E-state index is 5.87. The topological polar surface area (TPSA) is 24.5 Å². The molecule has 1 fully saturated rings. The Labute approximate surface area is 103 Å². The number of rotatable bonds is 3. The first kappa shape index (κ1) is 10.9. The highest BCUT2D eigenvalue weighted by Gasteiger charge is 2.17. The van der Waals surface area contributed by atoms with Crippen molar-refractivity contribution in [2.45, 2.75) is 25.3 Å². The van der Waals surface area contributed by atoms with Gasteiger partial charge in [-0.15, -0.1) is 0 Å². The van der Waals surface area contributed by atoms with E-state index in [1.165, 1.54) is 24.1 Å². The summed E-state index contributed by atoms with van der Waals surface area (Å²) in [6.07, 6.45) is 3.68. The van der Waals surface area contributed by atoms with E-state index < -0.39 is 0 Å². The molecule has 0 radical (unpaired) electrons. The molecule has 1 N–H and O–H groups in total. The van der Waals surface area contributed by atoms with Crippen LogP contribution in [-0.4, -0.2) is 32.8 Å². The van der Waals surface area contributed by atoms with E-state index in [9.17, 15) is 0 Å². The molecule has 0 bridgehead atoms. The summed E-state index contributed by atoms with van der Waals surface area (Å²) in [4.78, 5) is 2.30. The van der Waals surface area contributed by atoms with Gasteiger partial charge in [-0.05, 0) is 37.4 Å². The maximum Gasteiger partial charge on any atom is 0.121 e. The summed E-state index contributed by atoms with van der Waals surface area (Å²) >= 11 is 0. The summed E-state index contributed by atoms with van der Waals surface area (Å²) in [6, 6.07) is 7.03. The molecule has 3 nitrogen and oxygen atoms in total. The van der Waals surface area contributed by atoms with E-state index in [1.807, 2.05) is 0 Å². The van der Waals surface area contributed by atoms with Gasteiger partial charge in [-0.3, -0.25) is 0 Å². The summed E-state index contributed by atoms with van der Waals surface area (Å²) in [5.41, 5.74) is 2.78. The lowest BCUT2D eigenvalue weighted by atomic mass is 10.1. The monoisotopic (exact) mass is 232 g/mol. The van der Waals surface area contributed by atoms with Crippen LogP contribution in [0.25, 0.3) is 0 Å². The highest BCUT2D eigenvalue weighted by Crippen LogP contribution is 2.30. The zero-order valence-corrected chi connectivity index (χ0v) is 10.4. The van der Waals surface area contributed by atoms with Crippen molar-refractivity contribution in [3.63, 3.8) is 0 Å². The fourth-order valence-electron chi connectivity index (χ4n) is 2.70. The van der Waals surface area contributed by atoms with Crippen molar-refractivity contribution in [1.29, 1.82) is 0 Å². The van der Waals surface area contributed by atoms with Gasteiger partial charge in [0.05, 0.1) is 0 Å². The van der Waals surface area contributed by atoms with Crippen LogP contribution in [0.1, 0.15) is 18.4 Å². The largest absolute Gasteiger partial charge is 0.492 e. The molecule has 2 heterocycles. The van der Waals surface area contributed by atoms with Crippen molar-refractivity contribution in [1.82, 2.24) is 5.32 Å². The molecule has 92 valence electrons. The van der Waals surface area contributed by atoms with Crippen molar-refractivity contribution < 1.29 is 4.74 Å². The number of benzene rings is 1. The smallest absolute Gasteiger partial charge is 0.121 e. The second kappa shape index (κ2) is 4.57. The molecule has 0 amide bonds. The van der Waals surface area contributed by atoms with Gasteiger partial charge >= 0.3 is 0 Å². The van der Waals surface area contributed by atoms with Gasteiger partial charge in [0.2, 0.25) is 0 Å². The standard InChI is InChI=1S/C14H20N2O/c1-16-8-6-11-4-5-13(9-14(11)16)17-10-12-3-2-7-15-12/h4-5,9,12,15H,2-3,6-8,10H2,1H3. The number of nitrogens with one attached hydrogen (secondary N) is 1. The number of hydrogen-bond acceptors (Lipinski definition) is 3. The molecule has 3 rings (SSSR count). The Morgan fingerprint density at radius 3 is 3.24 bits per heavy atom. The van der Waals surface area contributed by atoms with E-state index in [1.54, 1.807) is 0 Å². The summed E-state index contributed by atoms with van der Waals surface area (Å²) in [5, 5.41) is 3.45. The molecule has 0 aliphatic carbocycles. The number of ether oxygens (including phenoxy) is 1. The predicted octanol–water partition coefficient (Wildman–Crippen LogP) is 1.81. The molecule has 0 spiro atoms. The third-order valence-corrected chi connectivity index (χ3v) is 3.80. The second-order valence-electron chi connectivity index (χ2n) is 5.07. The third-order valence-electron chi connectivity index (χ3n) is 3.80. The minimum absolute atomic E-state index is 0.543. The van der Waals surface area contributed by atoms with Gasteiger partial charge in [-0.2, -0.15) is 0 Å². The highest BCUT2D eigenvalue weighted by molar-refractivity contribution is 5.60. The van der Waals surface area contributed by atoms with Gasteiger partial charge in [0.15, 0.2) is 0 Å². The van der Waals surface area contributed by atoms with Gasteiger partial charge in [0, 0.05) is 31.4 Å². The van der Waals surface area contributed by atoms with Crippen LogP contribution in [0, 0.1) is 0 Å². The summed E-state index contributed by atoms with van der Waals surface area (Å²) in [7, 11) is 2.15. The van der Waals surface area contributed by atoms with Gasteiger partial charge in [0.1, 0.15) is 12.4 Å². The Bertz CT molecular complexity index is 399. The molecule has 3 heteroatoms. The molecule has 1 atom stereocenters. The average molecular weight is 232 g/mol. The first-order chi connectivity index (χ1) is 8.33. The minimum Gasteiger partial charge on any atom is -0.492 e. The normalized spacial score (nSPS) is 22.9. The first-order valence-corrected chi connectivity index (χ1v) is 6.53. The molecule has 0 aromatic heterocycles. The fraction of sp³-hybridized carbons (Fsp3) is 0.571. The second-order valence-corrected chi connectivity index (χ2v) is 5.07. The van der Waals surface area contributed by atoms with Crippen LogP contribution in [0.5, 0.6) is 5.75 Å². The van der Waals surface area contributed by atoms with E-state index in [0.29, 0.717) is 6.04 Å². The molecule has 2 aliphatic rings.